The molecule has 0 bridgehead atoms. The molecule has 0 saturated carbocycles. The van der Waals surface area contributed by atoms with Crippen molar-refractivity contribution in [3.05, 3.63) is 57.4 Å². The van der Waals surface area contributed by atoms with Gasteiger partial charge in [0.2, 0.25) is 0 Å². The van der Waals surface area contributed by atoms with E-state index in [4.69, 9.17) is 11.6 Å². The Morgan fingerprint density at radius 2 is 1.82 bits per heavy atom. The monoisotopic (exact) mass is 247 g/mol. The lowest BCUT2D eigenvalue weighted by molar-refractivity contribution is 0.772. The molecule has 90 valence electrons. The molecule has 0 spiro atoms. The third-order valence-corrected chi connectivity index (χ3v) is 3.82. The minimum absolute atomic E-state index is 0.847. The molecule has 0 N–H and O–H groups in total. The van der Waals surface area contributed by atoms with Crippen molar-refractivity contribution >= 4 is 11.6 Å². The predicted octanol–water partition coefficient (Wildman–Crippen LogP) is 4.42. The number of rotatable bonds is 2. The fraction of sp³-hybridized carbons (Fsp3) is 0.333. The Kier molecular flexibility index (Phi) is 3.30. The van der Waals surface area contributed by atoms with Crippen LogP contribution in [-0.4, -0.2) is 4.57 Å². The first kappa shape index (κ1) is 12.3. The standard InChI is InChI=1S/C15H18ClN/c1-10-5-6-14(15(16)7-10)9-17-8-11(2)12(3)13(17)4/h5-8H,9H2,1-4H3. The summed E-state index contributed by atoms with van der Waals surface area (Å²) in [7, 11) is 0. The highest BCUT2D eigenvalue weighted by molar-refractivity contribution is 6.31. The van der Waals surface area contributed by atoms with Crippen LogP contribution in [0.1, 0.15) is 27.9 Å². The van der Waals surface area contributed by atoms with Gasteiger partial charge in [0.25, 0.3) is 0 Å². The molecular formula is C15H18ClN. The van der Waals surface area contributed by atoms with Gasteiger partial charge in [0.15, 0.2) is 0 Å². The third-order valence-electron chi connectivity index (χ3n) is 3.46. The van der Waals surface area contributed by atoms with Crippen LogP contribution in [0.15, 0.2) is 24.4 Å². The Hall–Kier alpha value is -1.21. The average Bonchev–Trinajstić information content (AvgIpc) is 2.50. The highest BCUT2D eigenvalue weighted by Crippen LogP contribution is 2.21. The van der Waals surface area contributed by atoms with Crippen molar-refractivity contribution in [2.45, 2.75) is 34.2 Å². The van der Waals surface area contributed by atoms with E-state index in [1.807, 2.05) is 6.07 Å². The summed E-state index contributed by atoms with van der Waals surface area (Å²) in [6.45, 7) is 9.38. The fourth-order valence-corrected chi connectivity index (χ4v) is 2.35. The summed E-state index contributed by atoms with van der Waals surface area (Å²) in [5.41, 5.74) is 6.41. The lowest BCUT2D eigenvalue weighted by Gasteiger charge is -2.09. The van der Waals surface area contributed by atoms with Crippen LogP contribution in [0.25, 0.3) is 0 Å². The molecule has 0 unspecified atom stereocenters. The van der Waals surface area contributed by atoms with Gasteiger partial charge in [-0.15, -0.1) is 0 Å². The van der Waals surface area contributed by atoms with Gasteiger partial charge in [0.1, 0.15) is 0 Å². The third kappa shape index (κ3) is 2.39. The first-order chi connectivity index (χ1) is 7.99. The number of nitrogens with zero attached hydrogens (tertiary/aromatic N) is 1. The van der Waals surface area contributed by atoms with Crippen LogP contribution in [-0.2, 0) is 6.54 Å². The molecule has 2 rings (SSSR count). The Morgan fingerprint density at radius 3 is 2.35 bits per heavy atom. The second-order valence-electron chi connectivity index (χ2n) is 4.75. The van der Waals surface area contributed by atoms with E-state index in [1.54, 1.807) is 0 Å². The first-order valence-electron chi connectivity index (χ1n) is 5.87. The van der Waals surface area contributed by atoms with Crippen molar-refractivity contribution in [1.82, 2.24) is 4.57 Å². The summed E-state index contributed by atoms with van der Waals surface area (Å²) in [5.74, 6) is 0. The quantitative estimate of drug-likeness (QED) is 0.740. The maximum atomic E-state index is 6.27. The van der Waals surface area contributed by atoms with Gasteiger partial charge >= 0.3 is 0 Å². The lowest BCUT2D eigenvalue weighted by Crippen LogP contribution is -2.01. The normalized spacial score (nSPS) is 10.9. The van der Waals surface area contributed by atoms with Gasteiger partial charge in [-0.3, -0.25) is 0 Å². The van der Waals surface area contributed by atoms with Crippen LogP contribution < -0.4 is 0 Å². The van der Waals surface area contributed by atoms with Gasteiger partial charge in [0, 0.05) is 23.5 Å². The Balaban J connectivity index is 2.34. The predicted molar refractivity (Wildman–Crippen MR) is 73.9 cm³/mol. The second-order valence-corrected chi connectivity index (χ2v) is 5.15. The largest absolute Gasteiger partial charge is 0.347 e. The van der Waals surface area contributed by atoms with Gasteiger partial charge < -0.3 is 4.57 Å². The van der Waals surface area contributed by atoms with Crippen molar-refractivity contribution < 1.29 is 0 Å². The zero-order valence-corrected chi connectivity index (χ0v) is 11.6. The van der Waals surface area contributed by atoms with Gasteiger partial charge in [0.05, 0.1) is 0 Å². The van der Waals surface area contributed by atoms with Crippen LogP contribution in [0, 0.1) is 27.7 Å². The first-order valence-corrected chi connectivity index (χ1v) is 6.25. The molecule has 0 atom stereocenters. The summed E-state index contributed by atoms with van der Waals surface area (Å²) in [5, 5.41) is 0.855. The molecule has 0 aliphatic rings. The summed E-state index contributed by atoms with van der Waals surface area (Å²) < 4.78 is 2.27. The van der Waals surface area contributed by atoms with E-state index in [0.29, 0.717) is 0 Å². The Labute approximate surface area is 108 Å². The van der Waals surface area contributed by atoms with Crippen molar-refractivity contribution in [3.63, 3.8) is 0 Å². The molecular weight excluding hydrogens is 230 g/mol. The van der Waals surface area contributed by atoms with Crippen LogP contribution in [0.5, 0.6) is 0 Å². The van der Waals surface area contributed by atoms with Crippen molar-refractivity contribution in [2.75, 3.05) is 0 Å². The highest BCUT2D eigenvalue weighted by atomic mass is 35.5. The van der Waals surface area contributed by atoms with Crippen molar-refractivity contribution in [3.8, 4) is 0 Å². The zero-order valence-electron chi connectivity index (χ0n) is 10.8. The molecule has 2 heteroatoms. The van der Waals surface area contributed by atoms with E-state index in [2.05, 4.69) is 50.6 Å². The average molecular weight is 248 g/mol. The maximum absolute atomic E-state index is 6.27. The van der Waals surface area contributed by atoms with Gasteiger partial charge in [-0.2, -0.15) is 0 Å². The zero-order chi connectivity index (χ0) is 12.6. The molecule has 0 fully saturated rings. The minimum atomic E-state index is 0.847. The maximum Gasteiger partial charge on any atom is 0.0487 e. The summed E-state index contributed by atoms with van der Waals surface area (Å²) in [6.07, 6.45) is 2.20. The molecule has 2 aromatic rings. The number of halogens is 1. The molecule has 0 radical (unpaired) electrons. The van der Waals surface area contributed by atoms with E-state index < -0.39 is 0 Å². The van der Waals surface area contributed by atoms with Gasteiger partial charge in [-0.05, 0) is 56.0 Å². The highest BCUT2D eigenvalue weighted by Gasteiger charge is 2.07. The summed E-state index contributed by atoms with van der Waals surface area (Å²) in [4.78, 5) is 0. The molecule has 1 aromatic heterocycles. The van der Waals surface area contributed by atoms with E-state index in [-0.39, 0.29) is 0 Å². The van der Waals surface area contributed by atoms with Crippen LogP contribution in [0.2, 0.25) is 5.02 Å². The molecule has 0 aliphatic carbocycles. The molecule has 1 aromatic carbocycles. The Bertz CT molecular complexity index is 552. The molecule has 17 heavy (non-hydrogen) atoms. The van der Waals surface area contributed by atoms with Gasteiger partial charge in [-0.1, -0.05) is 23.7 Å². The van der Waals surface area contributed by atoms with Crippen molar-refractivity contribution in [2.24, 2.45) is 0 Å². The number of aryl methyl sites for hydroxylation is 2. The SMILES string of the molecule is Cc1ccc(Cn2cc(C)c(C)c2C)c(Cl)c1. The summed E-state index contributed by atoms with van der Waals surface area (Å²) in [6, 6.07) is 6.25. The number of hydrogen-bond donors (Lipinski definition) is 0. The molecule has 0 aliphatic heterocycles. The van der Waals surface area contributed by atoms with E-state index in [0.717, 1.165) is 11.6 Å². The number of hydrogen-bond acceptors (Lipinski definition) is 0. The molecule has 0 amide bonds. The number of aromatic nitrogens is 1. The molecule has 0 saturated heterocycles. The minimum Gasteiger partial charge on any atom is -0.347 e. The topological polar surface area (TPSA) is 4.93 Å². The van der Waals surface area contributed by atoms with Crippen molar-refractivity contribution in [1.29, 1.82) is 0 Å². The van der Waals surface area contributed by atoms with Gasteiger partial charge in [-0.25, -0.2) is 0 Å². The lowest BCUT2D eigenvalue weighted by atomic mass is 10.1. The van der Waals surface area contributed by atoms with Crippen LogP contribution in [0.3, 0.4) is 0 Å². The van der Waals surface area contributed by atoms with Crippen LogP contribution in [0.4, 0.5) is 0 Å². The van der Waals surface area contributed by atoms with E-state index >= 15 is 0 Å². The molecule has 1 nitrogen and oxygen atoms in total. The summed E-state index contributed by atoms with van der Waals surface area (Å²) >= 11 is 6.27. The fourth-order valence-electron chi connectivity index (χ4n) is 2.06. The Morgan fingerprint density at radius 1 is 1.12 bits per heavy atom. The van der Waals surface area contributed by atoms with E-state index in [9.17, 15) is 0 Å². The number of benzene rings is 1. The second kappa shape index (κ2) is 4.58. The van der Waals surface area contributed by atoms with E-state index in [1.165, 1.54) is 27.9 Å². The smallest absolute Gasteiger partial charge is 0.0487 e. The van der Waals surface area contributed by atoms with Crippen LogP contribution >= 0.6 is 11.6 Å². The molecule has 1 heterocycles.